The van der Waals surface area contributed by atoms with E-state index in [1.165, 1.54) is 0 Å². The summed E-state index contributed by atoms with van der Waals surface area (Å²) in [6.07, 6.45) is 0.908. The highest BCUT2D eigenvalue weighted by Crippen LogP contribution is 2.35. The molecule has 4 rings (SSSR count). The minimum Gasteiger partial charge on any atom is -0.504 e. The van der Waals surface area contributed by atoms with Gasteiger partial charge >= 0.3 is 0 Å². The Balaban J connectivity index is 1.31. The molecular weight excluding hydrogens is 418 g/mol. The van der Waals surface area contributed by atoms with Crippen LogP contribution in [0.5, 0.6) is 17.2 Å². The van der Waals surface area contributed by atoms with E-state index in [0.717, 1.165) is 17.0 Å². The number of carbonyl (C=O) groups is 4. The molecule has 4 N–H and O–H groups in total. The number of fused-ring (bicyclic) bond motifs is 1. The topological polar surface area (TPSA) is 147 Å². The average molecular weight is 439 g/mol. The first-order valence-corrected chi connectivity index (χ1v) is 10.0. The monoisotopic (exact) mass is 439 g/mol. The molecule has 0 spiro atoms. The lowest BCUT2D eigenvalue weighted by molar-refractivity contribution is -0.132. The number of carbonyl (C=O) groups excluding carboxylic acids is 4. The number of rotatable bonds is 4. The number of aromatic hydroxyl groups is 3. The van der Waals surface area contributed by atoms with Crippen LogP contribution in [0.3, 0.4) is 0 Å². The molecule has 1 saturated heterocycles. The van der Waals surface area contributed by atoms with Crippen molar-refractivity contribution >= 4 is 23.6 Å². The summed E-state index contributed by atoms with van der Waals surface area (Å²) >= 11 is 0. The molecule has 0 atom stereocenters. The van der Waals surface area contributed by atoms with Crippen molar-refractivity contribution in [1.29, 1.82) is 0 Å². The van der Waals surface area contributed by atoms with Crippen molar-refractivity contribution in [2.45, 2.75) is 18.9 Å². The van der Waals surface area contributed by atoms with Gasteiger partial charge in [-0.2, -0.15) is 0 Å². The van der Waals surface area contributed by atoms with Crippen molar-refractivity contribution in [3.05, 3.63) is 53.1 Å². The fraction of sp³-hybridized carbons (Fsp3) is 0.273. The average Bonchev–Trinajstić information content (AvgIpc) is 3.02. The Kier molecular flexibility index (Phi) is 5.43. The highest BCUT2D eigenvalue weighted by Gasteiger charge is 2.37. The van der Waals surface area contributed by atoms with Crippen molar-refractivity contribution < 1.29 is 34.5 Å². The first-order valence-electron chi connectivity index (χ1n) is 10.0. The fourth-order valence-electron chi connectivity index (χ4n) is 3.90. The van der Waals surface area contributed by atoms with Gasteiger partial charge in [0.15, 0.2) is 17.2 Å². The normalized spacial score (nSPS) is 16.2. The number of likely N-dealkylation sites (tertiary alicyclic amines) is 1. The van der Waals surface area contributed by atoms with Gasteiger partial charge in [0.1, 0.15) is 6.54 Å². The Morgan fingerprint density at radius 1 is 0.938 bits per heavy atom. The van der Waals surface area contributed by atoms with Crippen LogP contribution in [0.25, 0.3) is 0 Å². The van der Waals surface area contributed by atoms with Gasteiger partial charge in [-0.1, -0.05) is 12.1 Å². The number of imide groups is 1. The molecule has 2 aliphatic heterocycles. The van der Waals surface area contributed by atoms with Crippen molar-refractivity contribution in [3.8, 4) is 17.2 Å². The molecule has 32 heavy (non-hydrogen) atoms. The predicted octanol–water partition coefficient (Wildman–Crippen LogP) is 0.820. The highest BCUT2D eigenvalue weighted by atomic mass is 16.3. The number of phenolic OH excluding ortho intramolecular Hbond substituents is 3. The van der Waals surface area contributed by atoms with Gasteiger partial charge in [0.25, 0.3) is 17.7 Å². The fourth-order valence-corrected chi connectivity index (χ4v) is 3.90. The first-order chi connectivity index (χ1) is 15.3. The van der Waals surface area contributed by atoms with Crippen LogP contribution >= 0.6 is 0 Å². The zero-order valence-corrected chi connectivity index (χ0v) is 16.9. The second-order valence-corrected chi connectivity index (χ2v) is 7.73. The van der Waals surface area contributed by atoms with E-state index in [9.17, 15) is 34.5 Å². The molecule has 2 aliphatic rings. The number of nitrogens with zero attached hydrogens (tertiary/aromatic N) is 2. The summed E-state index contributed by atoms with van der Waals surface area (Å²) in [6, 6.07) is 8.29. The maximum atomic E-state index is 12.7. The van der Waals surface area contributed by atoms with Gasteiger partial charge in [0.2, 0.25) is 5.91 Å². The zero-order valence-electron chi connectivity index (χ0n) is 16.9. The molecule has 2 aromatic carbocycles. The number of phenols is 3. The molecule has 0 bridgehead atoms. The smallest absolute Gasteiger partial charge is 0.262 e. The second-order valence-electron chi connectivity index (χ2n) is 7.73. The van der Waals surface area contributed by atoms with Gasteiger partial charge < -0.3 is 25.5 Å². The molecule has 10 heteroatoms. The van der Waals surface area contributed by atoms with Crippen molar-refractivity contribution in [1.82, 2.24) is 15.1 Å². The van der Waals surface area contributed by atoms with Gasteiger partial charge in [-0.3, -0.25) is 24.1 Å². The van der Waals surface area contributed by atoms with Gasteiger partial charge in [-0.25, -0.2) is 0 Å². The summed E-state index contributed by atoms with van der Waals surface area (Å²) in [5.41, 5.74) is 0.568. The number of piperidine rings is 1. The lowest BCUT2D eigenvalue weighted by atomic mass is 10.0. The third kappa shape index (κ3) is 3.82. The second kappa shape index (κ2) is 8.22. The lowest BCUT2D eigenvalue weighted by Crippen LogP contribution is -2.49. The number of amides is 4. The SMILES string of the molecule is O=C(NC1CCN(C(=O)CN2C(=O)c3ccccc3C2=O)CC1)c1cc(O)c(O)c(O)c1. The van der Waals surface area contributed by atoms with E-state index in [1.807, 2.05) is 0 Å². The summed E-state index contributed by atoms with van der Waals surface area (Å²) in [5.74, 6) is -3.77. The molecule has 2 heterocycles. The van der Waals surface area contributed by atoms with E-state index in [0.29, 0.717) is 25.9 Å². The van der Waals surface area contributed by atoms with Gasteiger partial charge in [0.05, 0.1) is 11.1 Å². The van der Waals surface area contributed by atoms with E-state index in [4.69, 9.17) is 0 Å². The van der Waals surface area contributed by atoms with E-state index < -0.39 is 35.0 Å². The van der Waals surface area contributed by atoms with Gasteiger partial charge in [0, 0.05) is 24.7 Å². The Morgan fingerprint density at radius 3 is 2.00 bits per heavy atom. The van der Waals surface area contributed by atoms with Crippen molar-refractivity contribution in [3.63, 3.8) is 0 Å². The summed E-state index contributed by atoms with van der Waals surface area (Å²) in [7, 11) is 0. The number of hydrogen-bond acceptors (Lipinski definition) is 7. The maximum absolute atomic E-state index is 12.7. The highest BCUT2D eigenvalue weighted by molar-refractivity contribution is 6.22. The minimum absolute atomic E-state index is 0.0121. The van der Waals surface area contributed by atoms with Crippen LogP contribution in [0, 0.1) is 0 Å². The number of benzene rings is 2. The summed E-state index contributed by atoms with van der Waals surface area (Å²) in [6.45, 7) is 0.327. The summed E-state index contributed by atoms with van der Waals surface area (Å²) in [5, 5.41) is 31.3. The Hall–Kier alpha value is -4.08. The van der Waals surface area contributed by atoms with Crippen LogP contribution in [0.15, 0.2) is 36.4 Å². The molecule has 0 radical (unpaired) electrons. The van der Waals surface area contributed by atoms with Gasteiger partial charge in [-0.05, 0) is 37.1 Å². The summed E-state index contributed by atoms with van der Waals surface area (Å²) in [4.78, 5) is 52.4. The largest absolute Gasteiger partial charge is 0.504 e. The minimum atomic E-state index is -0.702. The third-order valence-electron chi connectivity index (χ3n) is 5.69. The van der Waals surface area contributed by atoms with Crippen LogP contribution in [0.2, 0.25) is 0 Å². The number of nitrogens with one attached hydrogen (secondary N) is 1. The van der Waals surface area contributed by atoms with E-state index in [-0.39, 0.29) is 35.2 Å². The zero-order chi connectivity index (χ0) is 23.0. The molecule has 2 aromatic rings. The first kappa shape index (κ1) is 21.2. The van der Waals surface area contributed by atoms with Gasteiger partial charge in [-0.15, -0.1) is 0 Å². The quantitative estimate of drug-likeness (QED) is 0.407. The summed E-state index contributed by atoms with van der Waals surface area (Å²) < 4.78 is 0. The van der Waals surface area contributed by atoms with Crippen molar-refractivity contribution in [2.75, 3.05) is 19.6 Å². The van der Waals surface area contributed by atoms with E-state index in [2.05, 4.69) is 5.32 Å². The number of hydrogen-bond donors (Lipinski definition) is 4. The molecular formula is C22H21N3O7. The molecule has 0 aromatic heterocycles. The molecule has 1 fully saturated rings. The Morgan fingerprint density at radius 2 is 1.47 bits per heavy atom. The lowest BCUT2D eigenvalue weighted by Gasteiger charge is -2.33. The van der Waals surface area contributed by atoms with Crippen LogP contribution in [0.1, 0.15) is 43.9 Å². The molecule has 0 unspecified atom stereocenters. The predicted molar refractivity (Wildman–Crippen MR) is 110 cm³/mol. The van der Waals surface area contributed by atoms with Crippen molar-refractivity contribution in [2.24, 2.45) is 0 Å². The molecule has 4 amide bonds. The third-order valence-corrected chi connectivity index (χ3v) is 5.69. The van der Waals surface area contributed by atoms with Crippen LogP contribution in [-0.2, 0) is 4.79 Å². The standard InChI is InChI=1S/C22H21N3O7/c26-16-9-12(10-17(27)19(16)29)20(30)23-13-5-7-24(8-6-13)18(28)11-25-21(31)14-3-1-2-4-15(14)22(25)32/h1-4,9-10,13,26-27,29H,5-8,11H2,(H,23,30). The molecule has 166 valence electrons. The van der Waals surface area contributed by atoms with Crippen LogP contribution < -0.4 is 5.32 Å². The molecule has 10 nitrogen and oxygen atoms in total. The molecule has 0 saturated carbocycles. The maximum Gasteiger partial charge on any atom is 0.262 e. The Labute approximate surface area is 182 Å². The van der Waals surface area contributed by atoms with Crippen LogP contribution in [-0.4, -0.2) is 74.4 Å². The van der Waals surface area contributed by atoms with E-state index in [1.54, 1.807) is 29.2 Å². The Bertz CT molecular complexity index is 1060. The van der Waals surface area contributed by atoms with Crippen LogP contribution in [0.4, 0.5) is 0 Å². The van der Waals surface area contributed by atoms with E-state index >= 15 is 0 Å². The molecule has 0 aliphatic carbocycles.